The van der Waals surface area contributed by atoms with Gasteiger partial charge in [0.2, 0.25) is 0 Å². The molecule has 31 heavy (non-hydrogen) atoms. The van der Waals surface area contributed by atoms with E-state index in [1.54, 1.807) is 0 Å². The Bertz CT molecular complexity index is 1150. The summed E-state index contributed by atoms with van der Waals surface area (Å²) in [4.78, 5) is 12.1. The van der Waals surface area contributed by atoms with Gasteiger partial charge in [-0.1, -0.05) is 60.4 Å². The van der Waals surface area contributed by atoms with Crippen LogP contribution in [0.2, 0.25) is 0 Å². The molecule has 1 aliphatic rings. The fourth-order valence-electron chi connectivity index (χ4n) is 3.70. The van der Waals surface area contributed by atoms with Gasteiger partial charge in [0.05, 0.1) is 11.3 Å². The van der Waals surface area contributed by atoms with Crippen molar-refractivity contribution in [3.63, 3.8) is 0 Å². The van der Waals surface area contributed by atoms with Gasteiger partial charge in [-0.2, -0.15) is 0 Å². The molecule has 0 heterocycles. The maximum absolute atomic E-state index is 13.7. The summed E-state index contributed by atoms with van der Waals surface area (Å²) >= 11 is 0. The van der Waals surface area contributed by atoms with E-state index >= 15 is 0 Å². The van der Waals surface area contributed by atoms with Crippen molar-refractivity contribution in [2.75, 3.05) is 18.9 Å². The van der Waals surface area contributed by atoms with E-state index in [0.717, 1.165) is 22.3 Å². The lowest BCUT2D eigenvalue weighted by Crippen LogP contribution is -2.26. The molecule has 0 aromatic heterocycles. The zero-order valence-electron chi connectivity index (χ0n) is 16.6. The highest BCUT2D eigenvalue weighted by molar-refractivity contribution is 5.79. The highest BCUT2D eigenvalue weighted by Gasteiger charge is 2.28. The number of nitrogen functional groups attached to an aromatic ring is 1. The first-order chi connectivity index (χ1) is 15.1. The normalized spacial score (nSPS) is 11.8. The van der Waals surface area contributed by atoms with Gasteiger partial charge in [-0.3, -0.25) is 0 Å². The van der Waals surface area contributed by atoms with Crippen LogP contribution in [0.1, 0.15) is 29.0 Å². The number of carbonyl (C=O) groups is 1. The van der Waals surface area contributed by atoms with Crippen LogP contribution >= 0.6 is 0 Å². The summed E-state index contributed by atoms with van der Waals surface area (Å²) in [5, 5.41) is 2.62. The minimum absolute atomic E-state index is 0.0127. The van der Waals surface area contributed by atoms with E-state index in [4.69, 9.17) is 10.5 Å². The van der Waals surface area contributed by atoms with Gasteiger partial charge in [-0.05, 0) is 34.4 Å². The number of alkyl carbamates (subject to hydrolysis) is 1. The fourth-order valence-corrected chi connectivity index (χ4v) is 3.70. The Balaban J connectivity index is 1.30. The molecule has 0 fully saturated rings. The summed E-state index contributed by atoms with van der Waals surface area (Å²) in [7, 11) is 0. The van der Waals surface area contributed by atoms with Crippen molar-refractivity contribution in [1.82, 2.24) is 5.32 Å². The van der Waals surface area contributed by atoms with Crippen LogP contribution in [0.15, 0.2) is 60.7 Å². The van der Waals surface area contributed by atoms with Crippen molar-refractivity contribution in [3.05, 3.63) is 89.0 Å². The van der Waals surface area contributed by atoms with Gasteiger partial charge < -0.3 is 15.8 Å². The molecule has 0 spiro atoms. The molecule has 0 saturated carbocycles. The van der Waals surface area contributed by atoms with Crippen LogP contribution in [0.25, 0.3) is 11.1 Å². The third-order valence-corrected chi connectivity index (χ3v) is 5.20. The second kappa shape index (κ2) is 8.88. The number of amides is 1. The molecule has 0 radical (unpaired) electrons. The molecule has 0 bridgehead atoms. The van der Waals surface area contributed by atoms with Gasteiger partial charge in [0, 0.05) is 18.9 Å². The standard InChI is InChI=1S/C25H20F2N2O2/c26-23-16(12-13-22(28)24(23)27)7-5-6-14-29-25(30)31-15-21-19-10-3-1-8-17(19)18-9-2-4-11-20(18)21/h1-4,8-13,21H,6,14-15,28H2,(H,29,30). The van der Waals surface area contributed by atoms with Crippen LogP contribution in [0.3, 0.4) is 0 Å². The van der Waals surface area contributed by atoms with E-state index < -0.39 is 17.7 Å². The molecule has 156 valence electrons. The first-order valence-corrected chi connectivity index (χ1v) is 9.87. The van der Waals surface area contributed by atoms with Gasteiger partial charge in [-0.25, -0.2) is 13.6 Å². The summed E-state index contributed by atoms with van der Waals surface area (Å²) in [5.41, 5.74) is 9.56. The van der Waals surface area contributed by atoms with E-state index in [0.29, 0.717) is 0 Å². The molecule has 4 rings (SSSR count). The number of ether oxygens (including phenoxy) is 1. The molecule has 3 N–H and O–H groups in total. The lowest BCUT2D eigenvalue weighted by Gasteiger charge is -2.14. The summed E-state index contributed by atoms with van der Waals surface area (Å²) in [6.07, 6.45) is -0.288. The molecule has 1 amide bonds. The Morgan fingerprint density at radius 3 is 2.29 bits per heavy atom. The zero-order valence-corrected chi connectivity index (χ0v) is 16.6. The van der Waals surface area contributed by atoms with Crippen molar-refractivity contribution in [2.24, 2.45) is 0 Å². The predicted molar refractivity (Wildman–Crippen MR) is 115 cm³/mol. The van der Waals surface area contributed by atoms with Crippen molar-refractivity contribution in [2.45, 2.75) is 12.3 Å². The second-order valence-corrected chi connectivity index (χ2v) is 7.13. The maximum atomic E-state index is 13.7. The Labute approximate surface area is 179 Å². The topological polar surface area (TPSA) is 64.3 Å². The third kappa shape index (κ3) is 4.22. The highest BCUT2D eigenvalue weighted by atomic mass is 19.2. The molecule has 0 atom stereocenters. The average Bonchev–Trinajstić information content (AvgIpc) is 3.11. The van der Waals surface area contributed by atoms with Crippen LogP contribution in [-0.2, 0) is 4.74 Å². The van der Waals surface area contributed by atoms with Crippen LogP contribution in [0, 0.1) is 23.5 Å². The predicted octanol–water partition coefficient (Wildman–Crippen LogP) is 4.83. The van der Waals surface area contributed by atoms with Gasteiger partial charge in [0.25, 0.3) is 0 Å². The van der Waals surface area contributed by atoms with Crippen LogP contribution in [-0.4, -0.2) is 19.2 Å². The molecule has 3 aromatic rings. The monoisotopic (exact) mass is 418 g/mol. The molecule has 0 aliphatic heterocycles. The Morgan fingerprint density at radius 1 is 0.968 bits per heavy atom. The number of anilines is 1. The summed E-state index contributed by atoms with van der Waals surface area (Å²) in [6.45, 7) is 0.449. The molecule has 1 aliphatic carbocycles. The molecule has 6 heteroatoms. The van der Waals surface area contributed by atoms with E-state index in [1.807, 2.05) is 24.3 Å². The summed E-state index contributed by atoms with van der Waals surface area (Å²) in [6, 6.07) is 18.8. The number of carbonyl (C=O) groups excluding carboxylic acids is 1. The van der Waals surface area contributed by atoms with E-state index in [9.17, 15) is 13.6 Å². The van der Waals surface area contributed by atoms with Gasteiger partial charge >= 0.3 is 6.09 Å². The van der Waals surface area contributed by atoms with Gasteiger partial charge in [0.15, 0.2) is 11.6 Å². The average molecular weight is 418 g/mol. The number of benzene rings is 3. The smallest absolute Gasteiger partial charge is 0.407 e. The molecule has 3 aromatic carbocycles. The fraction of sp³-hybridized carbons (Fsp3) is 0.160. The number of fused-ring (bicyclic) bond motifs is 3. The van der Waals surface area contributed by atoms with Crippen molar-refractivity contribution < 1.29 is 18.3 Å². The molecular weight excluding hydrogens is 398 g/mol. The Morgan fingerprint density at radius 2 is 1.61 bits per heavy atom. The van der Waals surface area contributed by atoms with Gasteiger partial charge in [-0.15, -0.1) is 0 Å². The van der Waals surface area contributed by atoms with Crippen molar-refractivity contribution in [1.29, 1.82) is 0 Å². The quantitative estimate of drug-likeness (QED) is 0.363. The van der Waals surface area contributed by atoms with E-state index in [-0.39, 0.29) is 36.7 Å². The van der Waals surface area contributed by atoms with E-state index in [1.165, 1.54) is 12.1 Å². The van der Waals surface area contributed by atoms with Crippen LogP contribution in [0.5, 0.6) is 0 Å². The number of hydrogen-bond acceptors (Lipinski definition) is 3. The summed E-state index contributed by atoms with van der Waals surface area (Å²) in [5.74, 6) is 3.05. The molecule has 0 unspecified atom stereocenters. The number of halogens is 2. The molecule has 4 nitrogen and oxygen atoms in total. The largest absolute Gasteiger partial charge is 0.449 e. The van der Waals surface area contributed by atoms with Gasteiger partial charge in [0.1, 0.15) is 6.61 Å². The third-order valence-electron chi connectivity index (χ3n) is 5.20. The van der Waals surface area contributed by atoms with Crippen LogP contribution in [0.4, 0.5) is 19.3 Å². The number of nitrogens with one attached hydrogen (secondary N) is 1. The summed E-state index contributed by atoms with van der Waals surface area (Å²) < 4.78 is 32.6. The number of nitrogens with two attached hydrogens (primary N) is 1. The first kappa shape index (κ1) is 20.4. The maximum Gasteiger partial charge on any atom is 0.407 e. The zero-order chi connectivity index (χ0) is 21.8. The van der Waals surface area contributed by atoms with E-state index in [2.05, 4.69) is 41.4 Å². The highest BCUT2D eigenvalue weighted by Crippen LogP contribution is 2.44. The lowest BCUT2D eigenvalue weighted by molar-refractivity contribution is 0.143. The number of rotatable bonds is 4. The Hall–Kier alpha value is -3.85. The minimum atomic E-state index is -1.11. The lowest BCUT2D eigenvalue weighted by atomic mass is 9.98. The second-order valence-electron chi connectivity index (χ2n) is 7.13. The number of hydrogen-bond donors (Lipinski definition) is 2. The van der Waals surface area contributed by atoms with Crippen molar-refractivity contribution >= 4 is 11.8 Å². The van der Waals surface area contributed by atoms with Crippen molar-refractivity contribution in [3.8, 4) is 23.0 Å². The molecular formula is C25H20F2N2O2. The first-order valence-electron chi connectivity index (χ1n) is 9.87. The Kier molecular flexibility index (Phi) is 5.85. The minimum Gasteiger partial charge on any atom is -0.449 e. The molecule has 0 saturated heterocycles. The SMILES string of the molecule is Nc1ccc(C#CCCNC(=O)OCC2c3ccccc3-c3ccccc32)c(F)c1F. The van der Waals surface area contributed by atoms with Crippen LogP contribution < -0.4 is 11.1 Å².